The van der Waals surface area contributed by atoms with E-state index in [-0.39, 0.29) is 0 Å². The van der Waals surface area contributed by atoms with Gasteiger partial charge in [-0.2, -0.15) is 11.8 Å². The maximum absolute atomic E-state index is 3.48. The Kier molecular flexibility index (Phi) is 7.21. The van der Waals surface area contributed by atoms with Gasteiger partial charge in [-0.25, -0.2) is 0 Å². The van der Waals surface area contributed by atoms with Gasteiger partial charge in [-0.1, -0.05) is 12.1 Å². The van der Waals surface area contributed by atoms with Crippen LogP contribution < -0.4 is 5.32 Å². The number of aryl methyl sites for hydroxylation is 1. The molecule has 1 aromatic carbocycles. The molecule has 3 heteroatoms. The van der Waals surface area contributed by atoms with Crippen LogP contribution in [0.2, 0.25) is 0 Å². The predicted octanol–water partition coefficient (Wildman–Crippen LogP) is 3.48. The number of likely N-dealkylation sites (N-methyl/N-ethyl adjacent to an activating group) is 1. The van der Waals surface area contributed by atoms with E-state index in [0.29, 0.717) is 6.04 Å². The average molecular weight is 266 g/mol. The molecule has 1 N–H and O–H groups in total. The molecule has 0 aliphatic carbocycles. The number of anilines is 1. The largest absolute Gasteiger partial charge is 0.384 e. The molecular formula is C15H26N2S. The third-order valence-corrected chi connectivity index (χ3v) is 3.95. The summed E-state index contributed by atoms with van der Waals surface area (Å²) in [6.45, 7) is 6.53. The lowest BCUT2D eigenvalue weighted by atomic mass is 10.2. The molecule has 102 valence electrons. The Morgan fingerprint density at radius 3 is 2.83 bits per heavy atom. The first-order valence-electron chi connectivity index (χ1n) is 6.63. The summed E-state index contributed by atoms with van der Waals surface area (Å²) in [4.78, 5) is 2.43. The maximum atomic E-state index is 3.48. The summed E-state index contributed by atoms with van der Waals surface area (Å²) >= 11 is 1.93. The first-order chi connectivity index (χ1) is 8.63. The molecule has 0 aliphatic heterocycles. The molecule has 0 amide bonds. The molecule has 2 nitrogen and oxygen atoms in total. The molecule has 1 unspecified atom stereocenters. The van der Waals surface area contributed by atoms with Gasteiger partial charge in [0.2, 0.25) is 0 Å². The van der Waals surface area contributed by atoms with Crippen LogP contribution in [0.15, 0.2) is 24.3 Å². The van der Waals surface area contributed by atoms with Crippen molar-refractivity contribution in [2.75, 3.05) is 37.5 Å². The summed E-state index contributed by atoms with van der Waals surface area (Å²) in [6.07, 6.45) is 3.44. The minimum Gasteiger partial charge on any atom is -0.384 e. The predicted molar refractivity (Wildman–Crippen MR) is 84.8 cm³/mol. The highest BCUT2D eigenvalue weighted by Crippen LogP contribution is 2.09. The summed E-state index contributed by atoms with van der Waals surface area (Å²) in [5, 5.41) is 3.48. The highest BCUT2D eigenvalue weighted by molar-refractivity contribution is 7.98. The molecule has 1 rings (SSSR count). The Labute approximate surface area is 116 Å². The zero-order chi connectivity index (χ0) is 13.4. The van der Waals surface area contributed by atoms with E-state index in [9.17, 15) is 0 Å². The second-order valence-electron chi connectivity index (χ2n) is 4.91. The Morgan fingerprint density at radius 2 is 2.17 bits per heavy atom. The van der Waals surface area contributed by atoms with Crippen molar-refractivity contribution in [2.45, 2.75) is 26.3 Å². The van der Waals surface area contributed by atoms with Gasteiger partial charge in [0.05, 0.1) is 0 Å². The van der Waals surface area contributed by atoms with E-state index in [0.717, 1.165) is 13.1 Å². The van der Waals surface area contributed by atoms with E-state index in [2.05, 4.69) is 61.6 Å². The second kappa shape index (κ2) is 8.44. The third kappa shape index (κ3) is 5.78. The van der Waals surface area contributed by atoms with Crippen LogP contribution in [0.5, 0.6) is 0 Å². The molecule has 0 heterocycles. The summed E-state index contributed by atoms with van der Waals surface area (Å²) in [5.41, 5.74) is 2.53. The minimum absolute atomic E-state index is 0.664. The van der Waals surface area contributed by atoms with Crippen molar-refractivity contribution < 1.29 is 0 Å². The fourth-order valence-electron chi connectivity index (χ4n) is 1.86. The van der Waals surface area contributed by atoms with Crippen molar-refractivity contribution in [1.29, 1.82) is 0 Å². The molecule has 1 aromatic rings. The lowest BCUT2D eigenvalue weighted by molar-refractivity contribution is 0.262. The fourth-order valence-corrected chi connectivity index (χ4v) is 2.44. The highest BCUT2D eigenvalue weighted by atomic mass is 32.2. The molecule has 0 saturated carbocycles. The molecule has 1 atom stereocenters. The van der Waals surface area contributed by atoms with Gasteiger partial charge in [-0.15, -0.1) is 0 Å². The number of hydrogen-bond donors (Lipinski definition) is 1. The molecule has 0 saturated heterocycles. The summed E-state index contributed by atoms with van der Waals surface area (Å²) in [6, 6.07) is 9.21. The monoisotopic (exact) mass is 266 g/mol. The van der Waals surface area contributed by atoms with E-state index in [1.807, 2.05) is 11.8 Å². The van der Waals surface area contributed by atoms with Crippen LogP contribution in [0.3, 0.4) is 0 Å². The molecule has 0 aromatic heterocycles. The van der Waals surface area contributed by atoms with E-state index in [4.69, 9.17) is 0 Å². The van der Waals surface area contributed by atoms with Crippen molar-refractivity contribution in [3.05, 3.63) is 29.8 Å². The Morgan fingerprint density at radius 1 is 1.39 bits per heavy atom. The third-order valence-electron chi connectivity index (χ3n) is 3.30. The van der Waals surface area contributed by atoms with Crippen LogP contribution in [0.4, 0.5) is 5.69 Å². The van der Waals surface area contributed by atoms with Crippen molar-refractivity contribution >= 4 is 17.4 Å². The number of hydrogen-bond acceptors (Lipinski definition) is 3. The van der Waals surface area contributed by atoms with Crippen LogP contribution in [-0.2, 0) is 0 Å². The normalized spacial score (nSPS) is 12.7. The van der Waals surface area contributed by atoms with E-state index >= 15 is 0 Å². The molecule has 0 aliphatic rings. The first kappa shape index (κ1) is 15.4. The van der Waals surface area contributed by atoms with Gasteiger partial charge >= 0.3 is 0 Å². The van der Waals surface area contributed by atoms with Gasteiger partial charge in [-0.3, -0.25) is 0 Å². The Balaban J connectivity index is 2.24. The van der Waals surface area contributed by atoms with Gasteiger partial charge in [0.15, 0.2) is 0 Å². The number of nitrogens with one attached hydrogen (secondary N) is 1. The molecule has 0 bridgehead atoms. The van der Waals surface area contributed by atoms with Gasteiger partial charge in [0.25, 0.3) is 0 Å². The second-order valence-corrected chi connectivity index (χ2v) is 5.89. The number of nitrogens with zero attached hydrogens (tertiary/aromatic N) is 1. The maximum Gasteiger partial charge on any atom is 0.0343 e. The first-order valence-corrected chi connectivity index (χ1v) is 8.02. The van der Waals surface area contributed by atoms with Crippen molar-refractivity contribution in [3.8, 4) is 0 Å². The van der Waals surface area contributed by atoms with E-state index in [1.54, 1.807) is 0 Å². The van der Waals surface area contributed by atoms with E-state index < -0.39 is 0 Å². The van der Waals surface area contributed by atoms with Gasteiger partial charge in [0, 0.05) is 24.8 Å². The topological polar surface area (TPSA) is 15.3 Å². The van der Waals surface area contributed by atoms with Crippen molar-refractivity contribution in [1.82, 2.24) is 4.90 Å². The van der Waals surface area contributed by atoms with Crippen molar-refractivity contribution in [2.24, 2.45) is 0 Å². The van der Waals surface area contributed by atoms with Crippen LogP contribution in [0.1, 0.15) is 18.9 Å². The van der Waals surface area contributed by atoms with Crippen LogP contribution in [0, 0.1) is 6.92 Å². The SMILES string of the molecule is CSCCC(C)N(C)CCNc1cccc(C)c1. The quantitative estimate of drug-likeness (QED) is 0.775. The Hall–Kier alpha value is -0.670. The summed E-state index contributed by atoms with van der Waals surface area (Å²) in [7, 11) is 2.21. The van der Waals surface area contributed by atoms with Gasteiger partial charge < -0.3 is 10.2 Å². The van der Waals surface area contributed by atoms with Gasteiger partial charge in [-0.05, 0) is 57.0 Å². The molecule has 0 fully saturated rings. The Bertz CT molecular complexity index is 341. The van der Waals surface area contributed by atoms with Crippen LogP contribution in [-0.4, -0.2) is 43.1 Å². The summed E-state index contributed by atoms with van der Waals surface area (Å²) in [5.74, 6) is 1.25. The smallest absolute Gasteiger partial charge is 0.0343 e. The summed E-state index contributed by atoms with van der Waals surface area (Å²) < 4.78 is 0. The molecule has 0 radical (unpaired) electrons. The lowest BCUT2D eigenvalue weighted by Gasteiger charge is -2.24. The zero-order valence-electron chi connectivity index (χ0n) is 12.1. The zero-order valence-corrected chi connectivity index (χ0v) is 12.9. The lowest BCUT2D eigenvalue weighted by Crippen LogP contribution is -2.33. The van der Waals surface area contributed by atoms with Gasteiger partial charge in [0.1, 0.15) is 0 Å². The minimum atomic E-state index is 0.664. The molecular weight excluding hydrogens is 240 g/mol. The van der Waals surface area contributed by atoms with Crippen molar-refractivity contribution in [3.63, 3.8) is 0 Å². The highest BCUT2D eigenvalue weighted by Gasteiger charge is 2.07. The average Bonchev–Trinajstić information content (AvgIpc) is 2.35. The molecule has 18 heavy (non-hydrogen) atoms. The van der Waals surface area contributed by atoms with Crippen LogP contribution in [0.25, 0.3) is 0 Å². The van der Waals surface area contributed by atoms with Crippen LogP contribution >= 0.6 is 11.8 Å². The number of rotatable bonds is 8. The number of benzene rings is 1. The standard InChI is InChI=1S/C15H26N2S/c1-13-6-5-7-15(12-13)16-9-10-17(3)14(2)8-11-18-4/h5-7,12,14,16H,8-11H2,1-4H3. The fraction of sp³-hybridized carbons (Fsp3) is 0.600. The molecule has 0 spiro atoms. The van der Waals surface area contributed by atoms with E-state index in [1.165, 1.54) is 23.4 Å². The number of thioether (sulfide) groups is 1.